The Balaban J connectivity index is 1.53. The summed E-state index contributed by atoms with van der Waals surface area (Å²) in [5.74, 6) is 0.371. The monoisotopic (exact) mass is 355 g/mol. The number of piperazine rings is 1. The maximum absolute atomic E-state index is 12.6. The van der Waals surface area contributed by atoms with Crippen molar-refractivity contribution < 1.29 is 14.5 Å². The second-order valence-electron chi connectivity index (χ2n) is 6.16. The van der Waals surface area contributed by atoms with Crippen LogP contribution in [0.1, 0.15) is 6.92 Å². The molecular formula is C19H21N3O4. The molecule has 3 rings (SSSR count). The molecule has 1 aliphatic heterocycles. The van der Waals surface area contributed by atoms with E-state index in [1.165, 1.54) is 24.3 Å². The lowest BCUT2D eigenvalue weighted by molar-refractivity contribution is -0.384. The molecule has 1 saturated heterocycles. The Morgan fingerprint density at radius 3 is 2.23 bits per heavy atom. The smallest absolute Gasteiger partial charge is 0.269 e. The number of benzene rings is 2. The van der Waals surface area contributed by atoms with Crippen molar-refractivity contribution in [1.29, 1.82) is 0 Å². The van der Waals surface area contributed by atoms with Crippen LogP contribution in [0.5, 0.6) is 5.75 Å². The summed E-state index contributed by atoms with van der Waals surface area (Å²) in [4.78, 5) is 26.9. The molecule has 0 radical (unpaired) electrons. The number of anilines is 1. The minimum Gasteiger partial charge on any atom is -0.481 e. The molecule has 7 heteroatoms. The fraction of sp³-hybridized carbons (Fsp3) is 0.316. The minimum absolute atomic E-state index is 0.00614. The zero-order valence-corrected chi connectivity index (χ0v) is 14.6. The predicted octanol–water partition coefficient (Wildman–Crippen LogP) is 2.71. The number of nitrogens with zero attached hydrogens (tertiary/aromatic N) is 3. The van der Waals surface area contributed by atoms with Crippen LogP contribution in [0.3, 0.4) is 0 Å². The van der Waals surface area contributed by atoms with Crippen molar-refractivity contribution in [2.24, 2.45) is 0 Å². The van der Waals surface area contributed by atoms with Crippen molar-refractivity contribution in [3.63, 3.8) is 0 Å². The van der Waals surface area contributed by atoms with E-state index in [0.29, 0.717) is 18.8 Å². The maximum atomic E-state index is 12.6. The number of nitro benzene ring substituents is 1. The van der Waals surface area contributed by atoms with E-state index >= 15 is 0 Å². The second kappa shape index (κ2) is 7.86. The second-order valence-corrected chi connectivity index (χ2v) is 6.16. The molecule has 0 bridgehead atoms. The molecule has 26 heavy (non-hydrogen) atoms. The molecule has 0 N–H and O–H groups in total. The lowest BCUT2D eigenvalue weighted by Gasteiger charge is -2.37. The highest BCUT2D eigenvalue weighted by atomic mass is 16.6. The van der Waals surface area contributed by atoms with Gasteiger partial charge in [0.1, 0.15) is 5.75 Å². The zero-order valence-electron chi connectivity index (χ0n) is 14.6. The summed E-state index contributed by atoms with van der Waals surface area (Å²) in [7, 11) is 0. The standard InChI is InChI=1S/C19H21N3O4/c1-15(26-18-9-7-17(8-10-18)22(24)25)19(23)21-13-11-20(12-14-21)16-5-3-2-4-6-16/h2-10,15H,11-14H2,1H3/t15-/m0/s1. The quantitative estimate of drug-likeness (QED) is 0.609. The van der Waals surface area contributed by atoms with Crippen LogP contribution < -0.4 is 9.64 Å². The summed E-state index contributed by atoms with van der Waals surface area (Å²) in [5, 5.41) is 10.7. The van der Waals surface area contributed by atoms with E-state index in [1.54, 1.807) is 11.8 Å². The molecule has 1 atom stereocenters. The molecule has 1 aliphatic rings. The fourth-order valence-corrected chi connectivity index (χ4v) is 2.98. The molecule has 1 heterocycles. The molecule has 0 unspecified atom stereocenters. The normalized spacial score (nSPS) is 15.4. The van der Waals surface area contributed by atoms with E-state index in [0.717, 1.165) is 18.8 Å². The van der Waals surface area contributed by atoms with Gasteiger partial charge in [-0.2, -0.15) is 0 Å². The van der Waals surface area contributed by atoms with Gasteiger partial charge in [-0.3, -0.25) is 14.9 Å². The number of carbonyl (C=O) groups is 1. The van der Waals surface area contributed by atoms with Crippen LogP contribution in [0.2, 0.25) is 0 Å². The number of ether oxygens (including phenoxy) is 1. The summed E-state index contributed by atoms with van der Waals surface area (Å²) in [6.07, 6.45) is -0.639. The highest BCUT2D eigenvalue weighted by Crippen LogP contribution is 2.20. The van der Waals surface area contributed by atoms with E-state index in [-0.39, 0.29) is 11.6 Å². The van der Waals surface area contributed by atoms with Crippen LogP contribution in [-0.2, 0) is 4.79 Å². The molecule has 2 aromatic carbocycles. The molecule has 0 saturated carbocycles. The van der Waals surface area contributed by atoms with E-state index in [4.69, 9.17) is 4.74 Å². The SMILES string of the molecule is C[C@H](Oc1ccc([N+](=O)[O-])cc1)C(=O)N1CCN(c2ccccc2)CC1. The zero-order chi connectivity index (χ0) is 18.5. The molecule has 2 aromatic rings. The highest BCUT2D eigenvalue weighted by molar-refractivity contribution is 5.81. The van der Waals surface area contributed by atoms with Gasteiger partial charge in [-0.25, -0.2) is 0 Å². The Labute approximate surface area is 151 Å². The van der Waals surface area contributed by atoms with Crippen LogP contribution >= 0.6 is 0 Å². The van der Waals surface area contributed by atoms with Gasteiger partial charge in [-0.05, 0) is 31.2 Å². The van der Waals surface area contributed by atoms with Gasteiger partial charge in [0.15, 0.2) is 6.10 Å². The maximum Gasteiger partial charge on any atom is 0.269 e. The molecule has 136 valence electrons. The molecule has 0 aliphatic carbocycles. The number of hydrogen-bond donors (Lipinski definition) is 0. The Morgan fingerprint density at radius 1 is 1.04 bits per heavy atom. The molecule has 7 nitrogen and oxygen atoms in total. The summed E-state index contributed by atoms with van der Waals surface area (Å²) in [5.41, 5.74) is 1.16. The number of amides is 1. The van der Waals surface area contributed by atoms with E-state index < -0.39 is 11.0 Å². The van der Waals surface area contributed by atoms with Gasteiger partial charge in [0.05, 0.1) is 4.92 Å². The first-order valence-corrected chi connectivity index (χ1v) is 8.54. The first kappa shape index (κ1) is 17.7. The summed E-state index contributed by atoms with van der Waals surface area (Å²) in [6, 6.07) is 15.9. The lowest BCUT2D eigenvalue weighted by Crippen LogP contribution is -2.52. The number of nitro groups is 1. The van der Waals surface area contributed by atoms with Gasteiger partial charge in [0.2, 0.25) is 0 Å². The third-order valence-corrected chi connectivity index (χ3v) is 4.42. The molecule has 0 aromatic heterocycles. The van der Waals surface area contributed by atoms with Crippen LogP contribution in [0.25, 0.3) is 0 Å². The van der Waals surface area contributed by atoms with Crippen LogP contribution in [0.4, 0.5) is 11.4 Å². The van der Waals surface area contributed by atoms with Gasteiger partial charge < -0.3 is 14.5 Å². The topological polar surface area (TPSA) is 75.9 Å². The van der Waals surface area contributed by atoms with Crippen molar-refractivity contribution >= 4 is 17.3 Å². The fourth-order valence-electron chi connectivity index (χ4n) is 2.98. The average molecular weight is 355 g/mol. The van der Waals surface area contributed by atoms with Gasteiger partial charge in [0, 0.05) is 44.0 Å². The number of carbonyl (C=O) groups excluding carboxylic acids is 1. The van der Waals surface area contributed by atoms with Crippen molar-refractivity contribution in [2.45, 2.75) is 13.0 Å². The molecule has 1 amide bonds. The first-order valence-electron chi connectivity index (χ1n) is 8.54. The van der Waals surface area contributed by atoms with Crippen LogP contribution in [-0.4, -0.2) is 48.0 Å². The van der Waals surface area contributed by atoms with Gasteiger partial charge in [-0.1, -0.05) is 18.2 Å². The average Bonchev–Trinajstić information content (AvgIpc) is 2.68. The third-order valence-electron chi connectivity index (χ3n) is 4.42. The van der Waals surface area contributed by atoms with Crippen molar-refractivity contribution in [3.05, 3.63) is 64.7 Å². The van der Waals surface area contributed by atoms with E-state index in [1.807, 2.05) is 18.2 Å². The Kier molecular flexibility index (Phi) is 5.36. The Morgan fingerprint density at radius 2 is 1.65 bits per heavy atom. The highest BCUT2D eigenvalue weighted by Gasteiger charge is 2.26. The van der Waals surface area contributed by atoms with Crippen molar-refractivity contribution in [3.8, 4) is 5.75 Å². The van der Waals surface area contributed by atoms with Gasteiger partial charge in [-0.15, -0.1) is 0 Å². The number of rotatable bonds is 5. The van der Waals surface area contributed by atoms with Crippen molar-refractivity contribution in [1.82, 2.24) is 4.90 Å². The third kappa shape index (κ3) is 4.11. The van der Waals surface area contributed by atoms with Gasteiger partial charge >= 0.3 is 0 Å². The van der Waals surface area contributed by atoms with Crippen LogP contribution in [0.15, 0.2) is 54.6 Å². The Hall–Kier alpha value is -3.09. The largest absolute Gasteiger partial charge is 0.481 e. The summed E-state index contributed by atoms with van der Waals surface area (Å²) < 4.78 is 5.65. The number of para-hydroxylation sites is 1. The van der Waals surface area contributed by atoms with Crippen molar-refractivity contribution in [2.75, 3.05) is 31.1 Å². The van der Waals surface area contributed by atoms with Crippen LogP contribution in [0, 0.1) is 10.1 Å². The summed E-state index contributed by atoms with van der Waals surface area (Å²) in [6.45, 7) is 4.54. The van der Waals surface area contributed by atoms with E-state index in [9.17, 15) is 14.9 Å². The molecule has 1 fully saturated rings. The minimum atomic E-state index is -0.639. The first-order chi connectivity index (χ1) is 12.5. The Bertz CT molecular complexity index is 756. The number of non-ortho nitro benzene ring substituents is 1. The van der Waals surface area contributed by atoms with Gasteiger partial charge in [0.25, 0.3) is 11.6 Å². The number of hydrogen-bond acceptors (Lipinski definition) is 5. The lowest BCUT2D eigenvalue weighted by atomic mass is 10.2. The van der Waals surface area contributed by atoms with E-state index in [2.05, 4.69) is 17.0 Å². The summed E-state index contributed by atoms with van der Waals surface area (Å²) >= 11 is 0. The molecule has 0 spiro atoms. The molecular weight excluding hydrogens is 334 g/mol. The predicted molar refractivity (Wildman–Crippen MR) is 98.4 cm³/mol.